The van der Waals surface area contributed by atoms with Gasteiger partial charge in [0.15, 0.2) is 0 Å². The van der Waals surface area contributed by atoms with Gasteiger partial charge in [-0.1, -0.05) is 13.8 Å². The minimum absolute atomic E-state index is 0.382. The molecule has 1 N–H and O–H groups in total. The zero-order valence-corrected chi connectivity index (χ0v) is 8.54. The first-order valence-corrected chi connectivity index (χ1v) is 4.88. The number of imidazole rings is 1. The summed E-state index contributed by atoms with van der Waals surface area (Å²) in [5, 5.41) is 3.45. The third-order valence-corrected chi connectivity index (χ3v) is 2.92. The molecule has 1 unspecified atom stereocenters. The van der Waals surface area contributed by atoms with Crippen LogP contribution >= 0.6 is 0 Å². The summed E-state index contributed by atoms with van der Waals surface area (Å²) in [6.07, 6.45) is 3.88. The Morgan fingerprint density at radius 3 is 2.92 bits per heavy atom. The summed E-state index contributed by atoms with van der Waals surface area (Å²) in [4.78, 5) is 4.18. The Morgan fingerprint density at radius 1 is 1.69 bits per heavy atom. The van der Waals surface area contributed by atoms with Gasteiger partial charge < -0.3 is 9.88 Å². The Labute approximate surface area is 79.2 Å². The van der Waals surface area contributed by atoms with Gasteiger partial charge in [-0.2, -0.15) is 0 Å². The molecule has 1 fully saturated rings. The van der Waals surface area contributed by atoms with Crippen LogP contribution < -0.4 is 5.32 Å². The zero-order valence-electron chi connectivity index (χ0n) is 8.54. The zero-order chi connectivity index (χ0) is 9.47. The molecule has 72 valence electrons. The van der Waals surface area contributed by atoms with Crippen LogP contribution in [0, 0.1) is 5.41 Å². The van der Waals surface area contributed by atoms with Crippen molar-refractivity contribution < 1.29 is 0 Å². The number of aryl methyl sites for hydroxylation is 1. The Kier molecular flexibility index (Phi) is 1.91. The molecule has 1 saturated heterocycles. The normalized spacial score (nSPS) is 25.6. The highest BCUT2D eigenvalue weighted by molar-refractivity contribution is 5.14. The Balaban J connectivity index is 2.26. The molecule has 3 heteroatoms. The van der Waals surface area contributed by atoms with Crippen molar-refractivity contribution in [3.63, 3.8) is 0 Å². The van der Waals surface area contributed by atoms with Crippen molar-refractivity contribution in [1.29, 1.82) is 0 Å². The predicted molar refractivity (Wildman–Crippen MR) is 52.4 cm³/mol. The maximum Gasteiger partial charge on any atom is 0.0948 e. The molecule has 0 amide bonds. The number of aromatic nitrogens is 2. The molecule has 13 heavy (non-hydrogen) atoms. The maximum absolute atomic E-state index is 4.18. The van der Waals surface area contributed by atoms with Gasteiger partial charge in [0, 0.05) is 19.3 Å². The number of nitrogens with one attached hydrogen (secondary N) is 1. The third kappa shape index (κ3) is 1.27. The molecule has 1 aromatic rings. The van der Waals surface area contributed by atoms with E-state index in [1.807, 2.05) is 12.5 Å². The van der Waals surface area contributed by atoms with E-state index < -0.39 is 0 Å². The lowest BCUT2D eigenvalue weighted by Crippen LogP contribution is -2.53. The standard InChI is InChI=1S/C10H17N3/c1-4-13-7-11-5-8(13)9-10(2,3)6-12-9/h5,7,9,12H,4,6H2,1-3H3. The minimum Gasteiger partial charge on any atom is -0.333 e. The monoisotopic (exact) mass is 179 g/mol. The van der Waals surface area contributed by atoms with Crippen LogP contribution in [0.15, 0.2) is 12.5 Å². The van der Waals surface area contributed by atoms with Crippen LogP contribution in [0.3, 0.4) is 0 Å². The highest BCUT2D eigenvalue weighted by Gasteiger charge is 2.40. The van der Waals surface area contributed by atoms with E-state index in [0.717, 1.165) is 13.1 Å². The molecule has 0 aromatic carbocycles. The summed E-state index contributed by atoms with van der Waals surface area (Å²) in [7, 11) is 0. The fourth-order valence-corrected chi connectivity index (χ4v) is 1.95. The van der Waals surface area contributed by atoms with Crippen LogP contribution in [0.4, 0.5) is 0 Å². The van der Waals surface area contributed by atoms with Gasteiger partial charge in [0.1, 0.15) is 0 Å². The predicted octanol–water partition coefficient (Wildman–Crippen LogP) is 1.57. The highest BCUT2D eigenvalue weighted by atomic mass is 15.1. The summed E-state index contributed by atoms with van der Waals surface area (Å²) in [6, 6.07) is 0.481. The second-order valence-electron chi connectivity index (χ2n) is 4.41. The minimum atomic E-state index is 0.382. The first kappa shape index (κ1) is 8.75. The molecule has 1 aliphatic heterocycles. The van der Waals surface area contributed by atoms with Crippen molar-refractivity contribution >= 4 is 0 Å². The Hall–Kier alpha value is -0.830. The summed E-state index contributed by atoms with van der Waals surface area (Å²) in [5.41, 5.74) is 1.70. The van der Waals surface area contributed by atoms with E-state index in [1.165, 1.54) is 5.69 Å². The van der Waals surface area contributed by atoms with Crippen molar-refractivity contribution in [2.24, 2.45) is 5.41 Å². The van der Waals surface area contributed by atoms with E-state index in [9.17, 15) is 0 Å². The van der Waals surface area contributed by atoms with Gasteiger partial charge >= 0.3 is 0 Å². The molecule has 0 saturated carbocycles. The molecule has 1 atom stereocenters. The molecule has 1 aliphatic rings. The molecule has 0 radical (unpaired) electrons. The first-order valence-electron chi connectivity index (χ1n) is 4.88. The molecule has 2 heterocycles. The van der Waals surface area contributed by atoms with Crippen LogP contribution in [0.5, 0.6) is 0 Å². The smallest absolute Gasteiger partial charge is 0.0948 e. The molecular weight excluding hydrogens is 162 g/mol. The molecule has 1 aromatic heterocycles. The summed E-state index contributed by atoms with van der Waals surface area (Å²) >= 11 is 0. The molecule has 0 spiro atoms. The van der Waals surface area contributed by atoms with Gasteiger partial charge in [-0.25, -0.2) is 4.98 Å². The highest BCUT2D eigenvalue weighted by Crippen LogP contribution is 2.39. The number of hydrogen-bond donors (Lipinski definition) is 1. The van der Waals surface area contributed by atoms with Crippen LogP contribution in [0.2, 0.25) is 0 Å². The average Bonchev–Trinajstić information content (AvgIpc) is 2.51. The van der Waals surface area contributed by atoms with Crippen molar-refractivity contribution in [2.75, 3.05) is 6.54 Å². The van der Waals surface area contributed by atoms with E-state index in [2.05, 4.69) is 35.6 Å². The number of rotatable bonds is 2. The molecule has 2 rings (SSSR count). The maximum atomic E-state index is 4.18. The third-order valence-electron chi connectivity index (χ3n) is 2.92. The van der Waals surface area contributed by atoms with Gasteiger partial charge in [-0.05, 0) is 12.3 Å². The van der Waals surface area contributed by atoms with Crippen molar-refractivity contribution in [3.8, 4) is 0 Å². The number of nitrogens with zero attached hydrogens (tertiary/aromatic N) is 2. The fraction of sp³-hybridized carbons (Fsp3) is 0.700. The lowest BCUT2D eigenvalue weighted by Gasteiger charge is -2.45. The van der Waals surface area contributed by atoms with E-state index in [1.54, 1.807) is 0 Å². The van der Waals surface area contributed by atoms with Crippen molar-refractivity contribution in [3.05, 3.63) is 18.2 Å². The molecular formula is C10H17N3. The quantitative estimate of drug-likeness (QED) is 0.747. The van der Waals surface area contributed by atoms with Gasteiger partial charge in [0.25, 0.3) is 0 Å². The lowest BCUT2D eigenvalue weighted by atomic mass is 9.76. The average molecular weight is 179 g/mol. The Morgan fingerprint density at radius 2 is 2.46 bits per heavy atom. The Bertz CT molecular complexity index is 301. The second-order valence-corrected chi connectivity index (χ2v) is 4.41. The molecule has 0 bridgehead atoms. The first-order chi connectivity index (χ1) is 6.15. The van der Waals surface area contributed by atoms with Crippen LogP contribution in [0.25, 0.3) is 0 Å². The lowest BCUT2D eigenvalue weighted by molar-refractivity contribution is 0.121. The summed E-state index contributed by atoms with van der Waals surface area (Å²) < 4.78 is 2.21. The van der Waals surface area contributed by atoms with Gasteiger partial charge in [0.05, 0.1) is 18.1 Å². The van der Waals surface area contributed by atoms with Crippen molar-refractivity contribution in [1.82, 2.24) is 14.9 Å². The SMILES string of the molecule is CCn1cncc1C1NCC1(C)C. The van der Waals surface area contributed by atoms with Gasteiger partial charge in [-0.3, -0.25) is 0 Å². The second kappa shape index (κ2) is 2.84. The van der Waals surface area contributed by atoms with Gasteiger partial charge in [-0.15, -0.1) is 0 Å². The molecule has 3 nitrogen and oxygen atoms in total. The summed E-state index contributed by atoms with van der Waals surface area (Å²) in [6.45, 7) is 8.84. The largest absolute Gasteiger partial charge is 0.333 e. The molecule has 0 aliphatic carbocycles. The van der Waals surface area contributed by atoms with Gasteiger partial charge in [0.2, 0.25) is 0 Å². The van der Waals surface area contributed by atoms with E-state index in [4.69, 9.17) is 0 Å². The van der Waals surface area contributed by atoms with E-state index in [-0.39, 0.29) is 0 Å². The van der Waals surface area contributed by atoms with Crippen LogP contribution in [-0.4, -0.2) is 16.1 Å². The van der Waals surface area contributed by atoms with E-state index >= 15 is 0 Å². The van der Waals surface area contributed by atoms with Crippen LogP contribution in [-0.2, 0) is 6.54 Å². The van der Waals surface area contributed by atoms with Crippen molar-refractivity contribution in [2.45, 2.75) is 33.4 Å². The van der Waals surface area contributed by atoms with E-state index in [0.29, 0.717) is 11.5 Å². The number of hydrogen-bond acceptors (Lipinski definition) is 2. The summed E-state index contributed by atoms with van der Waals surface area (Å²) in [5.74, 6) is 0. The van der Waals surface area contributed by atoms with Crippen LogP contribution in [0.1, 0.15) is 32.5 Å². The fourth-order valence-electron chi connectivity index (χ4n) is 1.95. The topological polar surface area (TPSA) is 29.9 Å².